The molecular weight excluding hydrogens is 1010 g/mol. The van der Waals surface area contributed by atoms with Gasteiger partial charge in [0, 0.05) is 78.3 Å². The first-order chi connectivity index (χ1) is 37.1. The number of aryl methyl sites for hydroxylation is 4. The van der Waals surface area contributed by atoms with E-state index in [4.69, 9.17) is 48.6 Å². The summed E-state index contributed by atoms with van der Waals surface area (Å²) < 4.78 is 12.1. The third-order valence-corrected chi connectivity index (χ3v) is 14.3. The van der Waals surface area contributed by atoms with Crippen molar-refractivity contribution in [3.8, 4) is 22.3 Å². The molecule has 6 N–H and O–H groups in total. The number of furan rings is 2. The predicted molar refractivity (Wildman–Crippen MR) is 308 cm³/mol. The van der Waals surface area contributed by atoms with E-state index in [1.165, 1.54) is 0 Å². The van der Waals surface area contributed by atoms with Crippen LogP contribution in [0.5, 0.6) is 0 Å². The highest BCUT2D eigenvalue weighted by molar-refractivity contribution is 6.21. The second-order valence-electron chi connectivity index (χ2n) is 19.3. The van der Waals surface area contributed by atoms with Crippen molar-refractivity contribution in [2.75, 3.05) is 37.6 Å². The number of alkyl halides is 2. The largest absolute Gasteiger partial charge is 0.478 e. The zero-order valence-electron chi connectivity index (χ0n) is 43.1. The molecule has 0 bridgehead atoms. The van der Waals surface area contributed by atoms with E-state index in [2.05, 4.69) is 27.4 Å². The summed E-state index contributed by atoms with van der Waals surface area (Å²) in [5, 5.41) is 14.9. The van der Waals surface area contributed by atoms with Gasteiger partial charge < -0.3 is 35.6 Å². The number of likely N-dealkylation sites (tertiary alicyclic amines) is 1. The van der Waals surface area contributed by atoms with Crippen LogP contribution in [0.4, 0.5) is 11.6 Å². The second kappa shape index (κ2) is 26.3. The number of anilines is 2. The van der Waals surface area contributed by atoms with Crippen LogP contribution in [0.2, 0.25) is 0 Å². The lowest BCUT2D eigenvalue weighted by molar-refractivity contribution is -0.115. The molecule has 4 aromatic heterocycles. The molecule has 0 saturated carbocycles. The second-order valence-corrected chi connectivity index (χ2v) is 20.6. The average Bonchev–Trinajstić information content (AvgIpc) is 4.11. The molecule has 2 saturated heterocycles. The van der Waals surface area contributed by atoms with Gasteiger partial charge in [0.05, 0.1) is 5.56 Å². The first kappa shape index (κ1) is 55.4. The minimum absolute atomic E-state index is 0.00166. The van der Waals surface area contributed by atoms with Gasteiger partial charge in [0.2, 0.25) is 0 Å². The molecule has 10 rings (SSSR count). The first-order valence-corrected chi connectivity index (χ1v) is 26.6. The van der Waals surface area contributed by atoms with E-state index < -0.39 is 5.97 Å². The minimum Gasteiger partial charge on any atom is -0.478 e. The Bertz CT molecular complexity index is 3390. The number of nitrogens with one attached hydrogen (secondary N) is 1. The summed E-state index contributed by atoms with van der Waals surface area (Å²) in [6.45, 7) is 7.61. The molecule has 15 heteroatoms. The number of carbonyl (C=O) groups is 4. The number of rotatable bonds is 14. The number of carboxylic acid groups (broad SMARTS) is 1. The summed E-state index contributed by atoms with van der Waals surface area (Å²) in [5.74, 6) is 1.53. The van der Waals surface area contributed by atoms with Crippen molar-refractivity contribution in [3.63, 3.8) is 0 Å². The lowest BCUT2D eigenvalue weighted by atomic mass is 9.99. The van der Waals surface area contributed by atoms with E-state index in [0.29, 0.717) is 61.3 Å². The van der Waals surface area contributed by atoms with Gasteiger partial charge in [0.1, 0.15) is 34.3 Å². The Labute approximate surface area is 458 Å². The van der Waals surface area contributed by atoms with E-state index in [1.807, 2.05) is 73.3 Å². The van der Waals surface area contributed by atoms with Gasteiger partial charge in [-0.2, -0.15) is 0 Å². The molecule has 2 fully saturated rings. The van der Waals surface area contributed by atoms with Crippen LogP contribution in [0.15, 0.2) is 143 Å². The number of allylic oxidation sites excluding steroid dienone is 2. The fourth-order valence-corrected chi connectivity index (χ4v) is 9.46. The number of carbonyl (C=O) groups excluding carboxylic acids is 3. The smallest absolute Gasteiger partial charge is 0.335 e. The molecule has 0 spiro atoms. The van der Waals surface area contributed by atoms with Crippen LogP contribution in [0.1, 0.15) is 93.0 Å². The number of amides is 1. The van der Waals surface area contributed by atoms with Crippen LogP contribution in [-0.4, -0.2) is 80.4 Å². The van der Waals surface area contributed by atoms with Gasteiger partial charge in [-0.05, 0) is 206 Å². The monoisotopic (exact) mass is 1070 g/mol. The predicted octanol–water partition coefficient (Wildman–Crippen LogP) is 12.7. The Morgan fingerprint density at radius 2 is 1.05 bits per heavy atom. The summed E-state index contributed by atoms with van der Waals surface area (Å²) in [7, 11) is 0. The van der Waals surface area contributed by atoms with Crippen LogP contribution in [0.25, 0.3) is 56.3 Å². The molecule has 0 unspecified atom stereocenters. The normalized spacial score (nSPS) is 14.1. The number of piperidine rings is 2. The molecule has 0 radical (unpaired) electrons. The Hall–Kier alpha value is -7.84. The van der Waals surface area contributed by atoms with E-state index in [9.17, 15) is 19.2 Å². The molecule has 396 valence electrons. The molecule has 6 heterocycles. The highest BCUT2D eigenvalue weighted by Gasteiger charge is 2.23. The number of carboxylic acids is 1. The summed E-state index contributed by atoms with van der Waals surface area (Å²) in [5.41, 5.74) is 21.4. The van der Waals surface area contributed by atoms with Crippen LogP contribution in [0, 0.1) is 13.8 Å². The standard InChI is InChI=1S/C31H30ClN3O3.C26H22N2O4.C5H10ClN/c1-20-16-24(22-4-6-23(7-5-22)31(37)35-14-12-26(32)13-15-35)17-25-18-28(38-30(20)25)10-9-27(36)8-2-21-3-11-29(33)34-19-21;1-16-12-20(18-4-6-19(7-5-18)26(30)31)13-21-14-23(32-25(16)21)10-9-22(29)8-2-17-3-11-24(27)28-15-17;6-5-1-3-7-4-2-5/h2-8,11,16-19,26H,9-10,12-15H2,1H3,(H2,33,34);2-8,11-15H,9-10H2,1H3,(H2,27,28)(H,30,31);5,7H,1-4H2/b2*8-2+;. The highest BCUT2D eigenvalue weighted by Crippen LogP contribution is 2.33. The highest BCUT2D eigenvalue weighted by atomic mass is 35.5. The van der Waals surface area contributed by atoms with Crippen molar-refractivity contribution in [2.24, 2.45) is 0 Å². The number of halogens is 2. The van der Waals surface area contributed by atoms with Crippen molar-refractivity contribution in [1.29, 1.82) is 0 Å². The Balaban J connectivity index is 0.000000182. The molecular formula is C62H62Cl2N6O7. The van der Waals surface area contributed by atoms with Gasteiger partial charge in [-0.15, -0.1) is 23.2 Å². The molecule has 8 aromatic rings. The lowest BCUT2D eigenvalue weighted by Gasteiger charge is -2.29. The molecule has 4 aromatic carbocycles. The number of hydrogen-bond acceptors (Lipinski definition) is 11. The number of benzene rings is 4. The molecule has 0 atom stereocenters. The number of fused-ring (bicyclic) bond motifs is 2. The summed E-state index contributed by atoms with van der Waals surface area (Å²) >= 11 is 12.0. The quantitative estimate of drug-likeness (QED) is 0.0592. The molecule has 2 aliphatic heterocycles. The number of aromatic carboxylic acids is 1. The van der Waals surface area contributed by atoms with E-state index in [0.717, 1.165) is 117 Å². The van der Waals surface area contributed by atoms with Crippen LogP contribution < -0.4 is 16.8 Å². The number of nitrogens with zero attached hydrogens (tertiary/aromatic N) is 3. The van der Waals surface area contributed by atoms with E-state index in [1.54, 1.807) is 79.2 Å². The molecule has 1 amide bonds. The molecule has 77 heavy (non-hydrogen) atoms. The molecule has 2 aliphatic rings. The first-order valence-electron chi connectivity index (χ1n) is 25.8. The van der Waals surface area contributed by atoms with Crippen molar-refractivity contribution in [2.45, 2.75) is 76.0 Å². The van der Waals surface area contributed by atoms with Gasteiger partial charge in [0.25, 0.3) is 5.91 Å². The Morgan fingerprint density at radius 1 is 0.610 bits per heavy atom. The number of ketones is 2. The number of aromatic nitrogens is 2. The van der Waals surface area contributed by atoms with Crippen LogP contribution in [-0.2, 0) is 22.4 Å². The van der Waals surface area contributed by atoms with E-state index >= 15 is 0 Å². The summed E-state index contributed by atoms with van der Waals surface area (Å²) in [6, 6.07) is 33.7. The SMILES string of the molecule is Cc1cc(-c2ccc(C(=O)N3CCC(Cl)CC3)cc2)cc2cc(CCC(=O)/C=C/c3ccc(N)nc3)oc12.Cc1cc(-c2ccc(C(=O)O)cc2)cc2cc(CCC(=O)/C=C/c3ccc(N)nc3)oc12.ClC1CCNCC1. The zero-order valence-corrected chi connectivity index (χ0v) is 44.7. The summed E-state index contributed by atoms with van der Waals surface area (Å²) in [6.07, 6.45) is 15.5. The number of nitrogens with two attached hydrogens (primary N) is 2. The van der Waals surface area contributed by atoms with E-state index in [-0.39, 0.29) is 28.4 Å². The topological polar surface area (TPSA) is 208 Å². The van der Waals surface area contributed by atoms with Crippen molar-refractivity contribution < 1.29 is 33.1 Å². The average molecular weight is 1070 g/mol. The van der Waals surface area contributed by atoms with Crippen molar-refractivity contribution in [3.05, 3.63) is 179 Å². The third kappa shape index (κ3) is 15.6. The van der Waals surface area contributed by atoms with Gasteiger partial charge in [-0.25, -0.2) is 14.8 Å². The fourth-order valence-electron chi connectivity index (χ4n) is 9.04. The Kier molecular flexibility index (Phi) is 18.9. The fraction of sp³-hybridized carbons (Fsp3) is 0.258. The number of pyridine rings is 2. The number of hydrogen-bond donors (Lipinski definition) is 4. The van der Waals surface area contributed by atoms with Crippen LogP contribution >= 0.6 is 23.2 Å². The molecule has 0 aliphatic carbocycles. The third-order valence-electron chi connectivity index (χ3n) is 13.4. The maximum Gasteiger partial charge on any atom is 0.335 e. The number of nitrogen functional groups attached to an aromatic ring is 2. The maximum atomic E-state index is 12.9. The minimum atomic E-state index is -0.947. The molecule has 13 nitrogen and oxygen atoms in total. The maximum absolute atomic E-state index is 12.9. The van der Waals surface area contributed by atoms with Gasteiger partial charge in [-0.1, -0.05) is 24.3 Å². The van der Waals surface area contributed by atoms with Gasteiger partial charge in [0.15, 0.2) is 11.6 Å². The lowest BCUT2D eigenvalue weighted by Crippen LogP contribution is -2.38. The van der Waals surface area contributed by atoms with Crippen molar-refractivity contribution >= 4 is 92.4 Å². The Morgan fingerprint density at radius 3 is 1.45 bits per heavy atom. The summed E-state index contributed by atoms with van der Waals surface area (Å²) in [4.78, 5) is 58.4. The van der Waals surface area contributed by atoms with Gasteiger partial charge in [-0.3, -0.25) is 14.4 Å². The van der Waals surface area contributed by atoms with Crippen LogP contribution in [0.3, 0.4) is 0 Å². The van der Waals surface area contributed by atoms with Crippen molar-refractivity contribution in [1.82, 2.24) is 20.2 Å². The van der Waals surface area contributed by atoms with Gasteiger partial charge >= 0.3 is 5.97 Å². The zero-order chi connectivity index (χ0) is 54.4.